The van der Waals surface area contributed by atoms with Crippen LogP contribution >= 0.6 is 11.6 Å². The number of rotatable bonds is 1. The first-order valence-corrected chi connectivity index (χ1v) is 3.15. The number of aromatic nitrogens is 2. The fourth-order valence-corrected chi connectivity index (χ4v) is 0.638. The topological polar surface area (TPSA) is 35.0 Å². The molecule has 0 aliphatic rings. The second-order valence-electron chi connectivity index (χ2n) is 1.86. The summed E-state index contributed by atoms with van der Waals surface area (Å²) in [6.45, 7) is 1.85. The van der Waals surface area contributed by atoms with Gasteiger partial charge in [0.15, 0.2) is 5.15 Å². The smallest absolute Gasteiger partial charge is 0.233 e. The quantitative estimate of drug-likeness (QED) is 0.621. The van der Waals surface area contributed by atoms with E-state index < -0.39 is 0 Å². The SMILES string of the molecule is COc1cc(C)c(Cl)nn1. The Balaban J connectivity index is 3.04. The number of aryl methyl sites for hydroxylation is 1. The summed E-state index contributed by atoms with van der Waals surface area (Å²) >= 11 is 5.61. The van der Waals surface area contributed by atoms with Gasteiger partial charge in [-0.15, -0.1) is 10.2 Å². The summed E-state index contributed by atoms with van der Waals surface area (Å²) in [4.78, 5) is 0. The van der Waals surface area contributed by atoms with Crippen LogP contribution in [0.3, 0.4) is 0 Å². The molecule has 0 saturated heterocycles. The molecule has 54 valence electrons. The lowest BCUT2D eigenvalue weighted by Crippen LogP contribution is -1.91. The van der Waals surface area contributed by atoms with Crippen LogP contribution in [0.25, 0.3) is 0 Å². The maximum absolute atomic E-state index is 5.61. The third-order valence-corrected chi connectivity index (χ3v) is 1.48. The molecule has 1 aromatic heterocycles. The van der Waals surface area contributed by atoms with Crippen molar-refractivity contribution in [1.82, 2.24) is 10.2 Å². The van der Waals surface area contributed by atoms with E-state index in [2.05, 4.69) is 10.2 Å². The molecule has 0 saturated carbocycles. The van der Waals surface area contributed by atoms with Gasteiger partial charge < -0.3 is 4.74 Å². The van der Waals surface area contributed by atoms with E-state index in [-0.39, 0.29) is 0 Å². The van der Waals surface area contributed by atoms with Gasteiger partial charge in [-0.05, 0) is 12.5 Å². The Morgan fingerprint density at radius 3 is 2.70 bits per heavy atom. The van der Waals surface area contributed by atoms with Crippen LogP contribution in [-0.2, 0) is 0 Å². The number of ether oxygens (including phenoxy) is 1. The van der Waals surface area contributed by atoms with Gasteiger partial charge in [-0.2, -0.15) is 0 Å². The van der Waals surface area contributed by atoms with Gasteiger partial charge in [0.05, 0.1) is 7.11 Å². The van der Waals surface area contributed by atoms with Crippen molar-refractivity contribution in [1.29, 1.82) is 0 Å². The molecule has 10 heavy (non-hydrogen) atoms. The van der Waals surface area contributed by atoms with Crippen molar-refractivity contribution in [3.63, 3.8) is 0 Å². The van der Waals surface area contributed by atoms with Gasteiger partial charge in [0.1, 0.15) is 0 Å². The highest BCUT2D eigenvalue weighted by atomic mass is 35.5. The van der Waals surface area contributed by atoms with Gasteiger partial charge >= 0.3 is 0 Å². The molecule has 0 unspecified atom stereocenters. The van der Waals surface area contributed by atoms with Gasteiger partial charge in [0.2, 0.25) is 5.88 Å². The number of hydrogen-bond donors (Lipinski definition) is 0. The minimum Gasteiger partial charge on any atom is -0.480 e. The highest BCUT2D eigenvalue weighted by Gasteiger charge is 1.98. The fourth-order valence-electron chi connectivity index (χ4n) is 0.545. The Hall–Kier alpha value is -0.830. The molecule has 0 aromatic carbocycles. The summed E-state index contributed by atoms with van der Waals surface area (Å²) in [7, 11) is 1.54. The van der Waals surface area contributed by atoms with Gasteiger partial charge in [-0.1, -0.05) is 11.6 Å². The molecule has 1 heterocycles. The van der Waals surface area contributed by atoms with Crippen LogP contribution in [0, 0.1) is 6.92 Å². The highest BCUT2D eigenvalue weighted by Crippen LogP contribution is 2.13. The molecule has 0 amide bonds. The van der Waals surface area contributed by atoms with Crippen molar-refractivity contribution in [2.24, 2.45) is 0 Å². The van der Waals surface area contributed by atoms with Crippen LogP contribution in [0.2, 0.25) is 5.15 Å². The van der Waals surface area contributed by atoms with E-state index in [4.69, 9.17) is 16.3 Å². The minimum absolute atomic E-state index is 0.417. The maximum atomic E-state index is 5.61. The van der Waals surface area contributed by atoms with Crippen LogP contribution < -0.4 is 4.74 Å². The largest absolute Gasteiger partial charge is 0.480 e. The van der Waals surface area contributed by atoms with E-state index >= 15 is 0 Å². The van der Waals surface area contributed by atoms with Crippen molar-refractivity contribution >= 4 is 11.6 Å². The van der Waals surface area contributed by atoms with E-state index in [1.807, 2.05) is 6.92 Å². The zero-order valence-corrected chi connectivity index (χ0v) is 6.51. The second-order valence-corrected chi connectivity index (χ2v) is 2.22. The summed E-state index contributed by atoms with van der Waals surface area (Å²) in [6, 6.07) is 1.73. The zero-order valence-electron chi connectivity index (χ0n) is 5.76. The molecular weight excluding hydrogens is 152 g/mol. The molecule has 0 fully saturated rings. The monoisotopic (exact) mass is 158 g/mol. The van der Waals surface area contributed by atoms with E-state index in [0.717, 1.165) is 5.56 Å². The summed E-state index contributed by atoms with van der Waals surface area (Å²) < 4.78 is 4.82. The molecule has 0 aliphatic carbocycles. The first-order valence-electron chi connectivity index (χ1n) is 2.78. The van der Waals surface area contributed by atoms with Gasteiger partial charge in [-0.3, -0.25) is 0 Å². The second kappa shape index (κ2) is 2.84. The van der Waals surface area contributed by atoms with Crippen molar-refractivity contribution in [2.75, 3.05) is 7.11 Å². The number of nitrogens with zero attached hydrogens (tertiary/aromatic N) is 2. The van der Waals surface area contributed by atoms with Crippen molar-refractivity contribution in [3.8, 4) is 5.88 Å². The van der Waals surface area contributed by atoms with E-state index in [1.54, 1.807) is 6.07 Å². The van der Waals surface area contributed by atoms with Crippen molar-refractivity contribution in [2.45, 2.75) is 6.92 Å². The van der Waals surface area contributed by atoms with E-state index in [1.165, 1.54) is 7.11 Å². The molecule has 0 aliphatic heterocycles. The predicted molar refractivity (Wildman–Crippen MR) is 38.3 cm³/mol. The fraction of sp³-hybridized carbons (Fsp3) is 0.333. The van der Waals surface area contributed by atoms with Gasteiger partial charge in [0, 0.05) is 6.07 Å². The molecular formula is C6H7ClN2O. The van der Waals surface area contributed by atoms with Crippen LogP contribution in [-0.4, -0.2) is 17.3 Å². The van der Waals surface area contributed by atoms with Crippen LogP contribution in [0.1, 0.15) is 5.56 Å². The van der Waals surface area contributed by atoms with Crippen molar-refractivity contribution in [3.05, 3.63) is 16.8 Å². The first-order chi connectivity index (χ1) is 4.74. The number of hydrogen-bond acceptors (Lipinski definition) is 3. The lowest BCUT2D eigenvalue weighted by Gasteiger charge is -1.98. The maximum Gasteiger partial charge on any atom is 0.233 e. The first kappa shape index (κ1) is 7.28. The summed E-state index contributed by atoms with van der Waals surface area (Å²) in [6.07, 6.45) is 0. The Bertz CT molecular complexity index is 239. The van der Waals surface area contributed by atoms with Crippen molar-refractivity contribution < 1.29 is 4.74 Å². The van der Waals surface area contributed by atoms with E-state index in [0.29, 0.717) is 11.0 Å². The van der Waals surface area contributed by atoms with Crippen LogP contribution in [0.15, 0.2) is 6.07 Å². The molecule has 0 bridgehead atoms. The molecule has 0 spiro atoms. The lowest BCUT2D eigenvalue weighted by atomic mass is 10.3. The summed E-state index contributed by atoms with van der Waals surface area (Å²) in [5.41, 5.74) is 0.869. The molecule has 0 N–H and O–H groups in total. The Morgan fingerprint density at radius 2 is 2.20 bits per heavy atom. The Labute approximate surface area is 64.0 Å². The van der Waals surface area contributed by atoms with E-state index in [9.17, 15) is 0 Å². The zero-order chi connectivity index (χ0) is 7.56. The minimum atomic E-state index is 0.417. The Kier molecular flexibility index (Phi) is 2.06. The van der Waals surface area contributed by atoms with Crippen LogP contribution in [0.5, 0.6) is 5.88 Å². The molecule has 0 radical (unpaired) electrons. The highest BCUT2D eigenvalue weighted by molar-refractivity contribution is 6.30. The molecule has 1 rings (SSSR count). The third-order valence-electron chi connectivity index (χ3n) is 1.11. The standard InChI is InChI=1S/C6H7ClN2O/c1-4-3-5(10-2)8-9-6(4)7/h3H,1-2H3. The molecule has 4 heteroatoms. The summed E-state index contributed by atoms with van der Waals surface area (Å²) in [5.74, 6) is 0.488. The molecule has 0 atom stereocenters. The average molecular weight is 159 g/mol. The third kappa shape index (κ3) is 1.36. The Morgan fingerprint density at radius 1 is 1.50 bits per heavy atom. The number of methoxy groups -OCH3 is 1. The number of halogens is 1. The molecule has 3 nitrogen and oxygen atoms in total. The van der Waals surface area contributed by atoms with Gasteiger partial charge in [0.25, 0.3) is 0 Å². The van der Waals surface area contributed by atoms with Gasteiger partial charge in [-0.25, -0.2) is 0 Å². The molecule has 1 aromatic rings. The predicted octanol–water partition coefficient (Wildman–Crippen LogP) is 1.45. The summed E-state index contributed by atoms with van der Waals surface area (Å²) in [5, 5.41) is 7.71. The average Bonchev–Trinajstić information content (AvgIpc) is 1.95. The van der Waals surface area contributed by atoms with Crippen LogP contribution in [0.4, 0.5) is 0 Å². The lowest BCUT2D eigenvalue weighted by molar-refractivity contribution is 0.391. The normalized spacial score (nSPS) is 9.50.